The summed E-state index contributed by atoms with van der Waals surface area (Å²) in [5, 5.41) is 9.22. The summed E-state index contributed by atoms with van der Waals surface area (Å²) in [5.41, 5.74) is 0.627. The van der Waals surface area contributed by atoms with Crippen molar-refractivity contribution < 1.29 is 24.1 Å². The molecule has 0 saturated carbocycles. The van der Waals surface area contributed by atoms with Gasteiger partial charge in [0.15, 0.2) is 6.29 Å². The number of carbonyl (C=O) groups is 1. The van der Waals surface area contributed by atoms with E-state index in [0.29, 0.717) is 26.1 Å². The zero-order valence-electron chi connectivity index (χ0n) is 13.2. The molecule has 122 valence electrons. The van der Waals surface area contributed by atoms with Gasteiger partial charge in [-0.3, -0.25) is 4.79 Å². The van der Waals surface area contributed by atoms with E-state index in [1.807, 2.05) is 13.8 Å². The molecule has 0 aliphatic carbocycles. The van der Waals surface area contributed by atoms with Crippen LogP contribution in [0, 0.1) is 5.41 Å². The van der Waals surface area contributed by atoms with Crippen LogP contribution in [-0.4, -0.2) is 37.2 Å². The molecule has 1 fully saturated rings. The first-order valence-corrected chi connectivity index (χ1v) is 7.64. The van der Waals surface area contributed by atoms with E-state index in [2.05, 4.69) is 0 Å². The Labute approximate surface area is 131 Å². The number of benzene rings is 1. The van der Waals surface area contributed by atoms with Gasteiger partial charge in [0, 0.05) is 11.8 Å². The number of rotatable bonds is 6. The number of aryl methyl sites for hydroxylation is 1. The molecule has 0 unspecified atom stereocenters. The van der Waals surface area contributed by atoms with Gasteiger partial charge in [-0.2, -0.15) is 0 Å². The molecule has 1 heterocycles. The van der Waals surface area contributed by atoms with Crippen molar-refractivity contribution in [3.63, 3.8) is 0 Å². The van der Waals surface area contributed by atoms with Gasteiger partial charge < -0.3 is 19.3 Å². The number of carbonyl (C=O) groups excluding carboxylic acids is 1. The molecule has 0 aromatic heterocycles. The summed E-state index contributed by atoms with van der Waals surface area (Å²) in [6, 6.07) is 6.83. The van der Waals surface area contributed by atoms with E-state index < -0.39 is 0 Å². The summed E-state index contributed by atoms with van der Waals surface area (Å²) in [7, 11) is 0. The van der Waals surface area contributed by atoms with E-state index in [1.54, 1.807) is 24.3 Å². The average Bonchev–Trinajstić information content (AvgIpc) is 2.53. The molecule has 1 aromatic rings. The van der Waals surface area contributed by atoms with E-state index in [-0.39, 0.29) is 30.0 Å². The first-order chi connectivity index (χ1) is 10.5. The van der Waals surface area contributed by atoms with Crippen molar-refractivity contribution in [2.45, 2.75) is 39.4 Å². The number of aromatic hydroxyl groups is 1. The highest BCUT2D eigenvalue weighted by Crippen LogP contribution is 2.27. The zero-order valence-corrected chi connectivity index (χ0v) is 13.2. The lowest BCUT2D eigenvalue weighted by Gasteiger charge is -2.35. The molecule has 1 N–H and O–H groups in total. The lowest BCUT2D eigenvalue weighted by molar-refractivity contribution is -0.237. The molecule has 0 amide bonds. The van der Waals surface area contributed by atoms with Crippen LogP contribution in [0.2, 0.25) is 0 Å². The fraction of sp³-hybridized carbons (Fsp3) is 0.588. The molecule has 2 rings (SSSR count). The standard InChI is InChI=1S/C17H24O5/c1-17(2,16-20-10-3-11-21-16)12-22-15(19)9-6-13-4-7-14(18)8-5-13/h4-5,7-8,16,18H,3,6,9-12H2,1-2H3. The van der Waals surface area contributed by atoms with Gasteiger partial charge in [-0.15, -0.1) is 0 Å². The van der Waals surface area contributed by atoms with Crippen molar-refractivity contribution in [1.29, 1.82) is 0 Å². The summed E-state index contributed by atoms with van der Waals surface area (Å²) in [4.78, 5) is 11.9. The molecular formula is C17H24O5. The van der Waals surface area contributed by atoms with Gasteiger partial charge in [0.2, 0.25) is 0 Å². The Balaban J connectivity index is 1.73. The van der Waals surface area contributed by atoms with Crippen LogP contribution in [0.3, 0.4) is 0 Å². The minimum absolute atomic E-state index is 0.223. The van der Waals surface area contributed by atoms with E-state index in [4.69, 9.17) is 14.2 Å². The minimum Gasteiger partial charge on any atom is -0.508 e. The van der Waals surface area contributed by atoms with E-state index in [0.717, 1.165) is 12.0 Å². The molecule has 0 bridgehead atoms. The Hall–Kier alpha value is -1.59. The third kappa shape index (κ3) is 5.00. The van der Waals surface area contributed by atoms with Crippen LogP contribution >= 0.6 is 0 Å². The van der Waals surface area contributed by atoms with E-state index in [1.165, 1.54) is 0 Å². The first-order valence-electron chi connectivity index (χ1n) is 7.64. The van der Waals surface area contributed by atoms with Gasteiger partial charge in [-0.1, -0.05) is 26.0 Å². The summed E-state index contributed by atoms with van der Waals surface area (Å²) in [6.45, 7) is 5.57. The van der Waals surface area contributed by atoms with Crippen LogP contribution in [0.5, 0.6) is 5.75 Å². The summed E-state index contributed by atoms with van der Waals surface area (Å²) >= 11 is 0. The molecule has 1 aromatic carbocycles. The highest BCUT2D eigenvalue weighted by Gasteiger charge is 2.34. The fourth-order valence-corrected chi connectivity index (χ4v) is 2.25. The largest absolute Gasteiger partial charge is 0.508 e. The predicted octanol–water partition coefficient (Wildman–Crippen LogP) is 2.66. The smallest absolute Gasteiger partial charge is 0.306 e. The van der Waals surface area contributed by atoms with Crippen molar-refractivity contribution in [3.8, 4) is 5.75 Å². The molecule has 1 aliphatic heterocycles. The van der Waals surface area contributed by atoms with Gasteiger partial charge in [0.05, 0.1) is 13.2 Å². The zero-order chi connectivity index (χ0) is 16.0. The number of phenols is 1. The third-order valence-electron chi connectivity index (χ3n) is 3.62. The lowest BCUT2D eigenvalue weighted by Crippen LogP contribution is -2.41. The maximum absolute atomic E-state index is 11.9. The number of esters is 1. The molecule has 0 spiro atoms. The molecule has 5 heteroatoms. The van der Waals surface area contributed by atoms with Crippen molar-refractivity contribution >= 4 is 5.97 Å². The number of phenolic OH excluding ortho intramolecular Hbond substituents is 1. The molecule has 22 heavy (non-hydrogen) atoms. The maximum atomic E-state index is 11.9. The average molecular weight is 308 g/mol. The Bertz CT molecular complexity index is 474. The van der Waals surface area contributed by atoms with E-state index >= 15 is 0 Å². The summed E-state index contributed by atoms with van der Waals surface area (Å²) < 4.78 is 16.5. The monoisotopic (exact) mass is 308 g/mol. The Kier molecular flexibility index (Phi) is 5.80. The second-order valence-electron chi connectivity index (χ2n) is 6.24. The SMILES string of the molecule is CC(C)(COC(=O)CCc1ccc(O)cc1)C1OCCCO1. The first kappa shape index (κ1) is 16.8. The van der Waals surface area contributed by atoms with Gasteiger partial charge >= 0.3 is 5.97 Å². The molecule has 5 nitrogen and oxygen atoms in total. The molecule has 1 aliphatic rings. The van der Waals surface area contributed by atoms with Crippen molar-refractivity contribution in [3.05, 3.63) is 29.8 Å². The van der Waals surface area contributed by atoms with Gasteiger partial charge in [-0.05, 0) is 30.5 Å². The second-order valence-corrected chi connectivity index (χ2v) is 6.24. The Morgan fingerprint density at radius 2 is 1.91 bits per heavy atom. The number of ether oxygens (including phenoxy) is 3. The normalized spacial score (nSPS) is 16.5. The topological polar surface area (TPSA) is 65.0 Å². The van der Waals surface area contributed by atoms with Crippen molar-refractivity contribution in [2.75, 3.05) is 19.8 Å². The van der Waals surface area contributed by atoms with Crippen LogP contribution in [0.25, 0.3) is 0 Å². The van der Waals surface area contributed by atoms with Crippen LogP contribution in [0.1, 0.15) is 32.3 Å². The van der Waals surface area contributed by atoms with Gasteiger partial charge in [-0.25, -0.2) is 0 Å². The van der Waals surface area contributed by atoms with E-state index in [9.17, 15) is 9.90 Å². The second kappa shape index (κ2) is 7.61. The third-order valence-corrected chi connectivity index (χ3v) is 3.62. The van der Waals surface area contributed by atoms with Crippen LogP contribution < -0.4 is 0 Å². The quantitative estimate of drug-likeness (QED) is 0.819. The summed E-state index contributed by atoms with van der Waals surface area (Å²) in [6.07, 6.45) is 1.48. The Morgan fingerprint density at radius 1 is 1.27 bits per heavy atom. The molecule has 1 saturated heterocycles. The minimum atomic E-state index is -0.366. The van der Waals surface area contributed by atoms with Crippen molar-refractivity contribution in [2.24, 2.45) is 5.41 Å². The Morgan fingerprint density at radius 3 is 2.55 bits per heavy atom. The van der Waals surface area contributed by atoms with Crippen LogP contribution in [-0.2, 0) is 25.4 Å². The number of hydrogen-bond donors (Lipinski definition) is 1. The summed E-state index contributed by atoms with van der Waals surface area (Å²) in [5.74, 6) is -0.0162. The highest BCUT2D eigenvalue weighted by atomic mass is 16.7. The highest BCUT2D eigenvalue weighted by molar-refractivity contribution is 5.69. The maximum Gasteiger partial charge on any atom is 0.306 e. The molecule has 0 atom stereocenters. The molecular weight excluding hydrogens is 284 g/mol. The van der Waals surface area contributed by atoms with Crippen LogP contribution in [0.15, 0.2) is 24.3 Å². The van der Waals surface area contributed by atoms with Crippen molar-refractivity contribution in [1.82, 2.24) is 0 Å². The lowest BCUT2D eigenvalue weighted by atomic mass is 9.93. The fourth-order valence-electron chi connectivity index (χ4n) is 2.25. The number of hydrogen-bond acceptors (Lipinski definition) is 5. The predicted molar refractivity (Wildman–Crippen MR) is 81.5 cm³/mol. The van der Waals surface area contributed by atoms with Gasteiger partial charge in [0.25, 0.3) is 0 Å². The van der Waals surface area contributed by atoms with Gasteiger partial charge in [0.1, 0.15) is 12.4 Å². The molecule has 0 radical (unpaired) electrons. The van der Waals surface area contributed by atoms with Crippen LogP contribution in [0.4, 0.5) is 0 Å².